The van der Waals surface area contributed by atoms with Gasteiger partial charge in [-0.3, -0.25) is 9.20 Å². The van der Waals surface area contributed by atoms with Gasteiger partial charge in [-0.2, -0.15) is 0 Å². The van der Waals surface area contributed by atoms with Crippen LogP contribution in [-0.4, -0.2) is 37.8 Å². The van der Waals surface area contributed by atoms with Crippen molar-refractivity contribution in [3.05, 3.63) is 58.3 Å². The lowest BCUT2D eigenvalue weighted by Gasteiger charge is -2.37. The smallest absolute Gasteiger partial charge is 0.359 e. The van der Waals surface area contributed by atoms with Gasteiger partial charge in [0.05, 0.1) is 0 Å². The Morgan fingerprint density at radius 1 is 1.29 bits per heavy atom. The fraction of sp³-hybridized carbons (Fsp3) is 0.350. The molecule has 0 unspecified atom stereocenters. The molecule has 0 saturated carbocycles. The standard InChI is InChI=1S/C20H22ClN3O3S/c1-13(27-18(26)15-16(21)22-19-23(15)10-11-28-19)17(25)24(20(2,3)4)12-14-8-6-5-7-9-14/h5-11,13H,12H2,1-4H3/t13-/m1/s1. The van der Waals surface area contributed by atoms with E-state index in [1.807, 2.05) is 51.1 Å². The van der Waals surface area contributed by atoms with E-state index in [4.69, 9.17) is 16.3 Å². The lowest BCUT2D eigenvalue weighted by Crippen LogP contribution is -2.49. The molecule has 3 rings (SSSR count). The number of halogens is 1. The zero-order valence-corrected chi connectivity index (χ0v) is 17.8. The highest BCUT2D eigenvalue weighted by molar-refractivity contribution is 7.15. The molecule has 0 aliphatic carbocycles. The van der Waals surface area contributed by atoms with Crippen molar-refractivity contribution in [2.45, 2.75) is 45.9 Å². The van der Waals surface area contributed by atoms with Crippen LogP contribution < -0.4 is 0 Å². The van der Waals surface area contributed by atoms with Gasteiger partial charge in [-0.25, -0.2) is 9.78 Å². The van der Waals surface area contributed by atoms with Crippen molar-refractivity contribution in [3.8, 4) is 0 Å². The molecule has 2 aromatic heterocycles. The predicted octanol–water partition coefficient (Wildman–Crippen LogP) is 4.42. The van der Waals surface area contributed by atoms with E-state index in [2.05, 4.69) is 4.98 Å². The molecule has 0 aliphatic rings. The Morgan fingerprint density at radius 3 is 2.61 bits per heavy atom. The summed E-state index contributed by atoms with van der Waals surface area (Å²) in [5.41, 5.74) is 0.689. The van der Waals surface area contributed by atoms with Gasteiger partial charge in [0, 0.05) is 23.7 Å². The van der Waals surface area contributed by atoms with Crippen LogP contribution in [0.1, 0.15) is 43.7 Å². The molecular formula is C20H22ClN3O3S. The van der Waals surface area contributed by atoms with Crippen LogP contribution in [0, 0.1) is 0 Å². The number of carbonyl (C=O) groups excluding carboxylic acids is 2. The van der Waals surface area contributed by atoms with Gasteiger partial charge in [-0.1, -0.05) is 41.9 Å². The van der Waals surface area contributed by atoms with E-state index in [1.54, 1.807) is 27.8 Å². The van der Waals surface area contributed by atoms with Gasteiger partial charge in [0.15, 0.2) is 21.9 Å². The normalized spacial score (nSPS) is 12.8. The number of hydrogen-bond acceptors (Lipinski definition) is 5. The van der Waals surface area contributed by atoms with Crippen molar-refractivity contribution in [2.75, 3.05) is 0 Å². The number of aromatic nitrogens is 2. The summed E-state index contributed by atoms with van der Waals surface area (Å²) in [5, 5.41) is 1.86. The summed E-state index contributed by atoms with van der Waals surface area (Å²) in [6.07, 6.45) is 0.731. The average molecular weight is 420 g/mol. The number of amides is 1. The van der Waals surface area contributed by atoms with Crippen LogP contribution in [0.5, 0.6) is 0 Å². The molecule has 1 aromatic carbocycles. The van der Waals surface area contributed by atoms with Crippen molar-refractivity contribution in [1.82, 2.24) is 14.3 Å². The molecule has 0 saturated heterocycles. The third kappa shape index (κ3) is 4.20. The number of ether oxygens (including phenoxy) is 1. The molecule has 148 valence electrons. The Bertz CT molecular complexity index is 991. The third-order valence-electron chi connectivity index (χ3n) is 4.30. The van der Waals surface area contributed by atoms with Crippen LogP contribution in [0.3, 0.4) is 0 Å². The van der Waals surface area contributed by atoms with E-state index in [0.29, 0.717) is 11.5 Å². The molecule has 1 amide bonds. The molecule has 0 aliphatic heterocycles. The van der Waals surface area contributed by atoms with Gasteiger partial charge in [0.25, 0.3) is 5.91 Å². The van der Waals surface area contributed by atoms with Crippen molar-refractivity contribution < 1.29 is 14.3 Å². The van der Waals surface area contributed by atoms with E-state index >= 15 is 0 Å². The summed E-state index contributed by atoms with van der Waals surface area (Å²) in [6, 6.07) is 9.71. The number of benzene rings is 1. The molecule has 6 nitrogen and oxygen atoms in total. The van der Waals surface area contributed by atoms with Crippen molar-refractivity contribution in [1.29, 1.82) is 0 Å². The highest BCUT2D eigenvalue weighted by Crippen LogP contribution is 2.24. The maximum atomic E-state index is 13.1. The van der Waals surface area contributed by atoms with Crippen LogP contribution in [0.15, 0.2) is 41.9 Å². The Morgan fingerprint density at radius 2 is 1.96 bits per heavy atom. The summed E-state index contributed by atoms with van der Waals surface area (Å²) in [6.45, 7) is 7.85. The predicted molar refractivity (Wildman–Crippen MR) is 110 cm³/mol. The van der Waals surface area contributed by atoms with Crippen molar-refractivity contribution in [3.63, 3.8) is 0 Å². The Kier molecular flexibility index (Phi) is 5.76. The molecular weight excluding hydrogens is 398 g/mol. The summed E-state index contributed by atoms with van der Waals surface area (Å²) >= 11 is 7.45. The van der Waals surface area contributed by atoms with Crippen LogP contribution in [-0.2, 0) is 16.1 Å². The number of esters is 1. The van der Waals surface area contributed by atoms with E-state index < -0.39 is 17.6 Å². The van der Waals surface area contributed by atoms with Crippen LogP contribution >= 0.6 is 22.9 Å². The number of fused-ring (bicyclic) bond motifs is 1. The van der Waals surface area contributed by atoms with Crippen LogP contribution in [0.4, 0.5) is 0 Å². The first-order valence-electron chi connectivity index (χ1n) is 8.86. The number of rotatable bonds is 5. The van der Waals surface area contributed by atoms with Crippen molar-refractivity contribution in [2.24, 2.45) is 0 Å². The molecule has 28 heavy (non-hydrogen) atoms. The van der Waals surface area contributed by atoms with Crippen LogP contribution in [0.25, 0.3) is 4.96 Å². The largest absolute Gasteiger partial charge is 0.448 e. The Labute approximate surface area is 172 Å². The van der Waals surface area contributed by atoms with Gasteiger partial charge in [-0.05, 0) is 33.3 Å². The first kappa shape index (κ1) is 20.4. The molecule has 0 radical (unpaired) electrons. The maximum absolute atomic E-state index is 13.1. The lowest BCUT2D eigenvalue weighted by molar-refractivity contribution is -0.145. The minimum absolute atomic E-state index is 0.0634. The zero-order chi connectivity index (χ0) is 20.5. The second-order valence-electron chi connectivity index (χ2n) is 7.44. The molecule has 3 aromatic rings. The van der Waals surface area contributed by atoms with Crippen molar-refractivity contribution >= 4 is 39.8 Å². The van der Waals surface area contributed by atoms with E-state index in [9.17, 15) is 9.59 Å². The molecule has 8 heteroatoms. The minimum Gasteiger partial charge on any atom is -0.448 e. The molecule has 0 bridgehead atoms. The average Bonchev–Trinajstić information content (AvgIpc) is 3.18. The fourth-order valence-electron chi connectivity index (χ4n) is 2.84. The highest BCUT2D eigenvalue weighted by Gasteiger charge is 2.33. The first-order valence-corrected chi connectivity index (χ1v) is 10.1. The molecule has 1 atom stereocenters. The highest BCUT2D eigenvalue weighted by atomic mass is 35.5. The topological polar surface area (TPSA) is 63.9 Å². The van der Waals surface area contributed by atoms with E-state index in [0.717, 1.165) is 5.56 Å². The van der Waals surface area contributed by atoms with Crippen LogP contribution in [0.2, 0.25) is 5.15 Å². The zero-order valence-electron chi connectivity index (χ0n) is 16.2. The number of hydrogen-bond donors (Lipinski definition) is 0. The SMILES string of the molecule is C[C@@H](OC(=O)c1c(Cl)nc2sccn12)C(=O)N(Cc1ccccc1)C(C)(C)C. The summed E-state index contributed by atoms with van der Waals surface area (Å²) < 4.78 is 7.03. The van der Waals surface area contributed by atoms with Gasteiger partial charge in [0.1, 0.15) is 0 Å². The number of nitrogens with zero attached hydrogens (tertiary/aromatic N) is 3. The van der Waals surface area contributed by atoms with Gasteiger partial charge >= 0.3 is 5.97 Å². The third-order valence-corrected chi connectivity index (χ3v) is 5.32. The quantitative estimate of drug-likeness (QED) is 0.574. The number of imidazole rings is 1. The monoisotopic (exact) mass is 419 g/mol. The lowest BCUT2D eigenvalue weighted by atomic mass is 10.0. The Balaban J connectivity index is 1.78. The molecule has 0 N–H and O–H groups in total. The van der Waals surface area contributed by atoms with Gasteiger partial charge in [-0.15, -0.1) is 11.3 Å². The second-order valence-corrected chi connectivity index (χ2v) is 8.67. The summed E-state index contributed by atoms with van der Waals surface area (Å²) in [5.74, 6) is -0.947. The van der Waals surface area contributed by atoms with E-state index in [1.165, 1.54) is 11.3 Å². The summed E-state index contributed by atoms with van der Waals surface area (Å²) in [7, 11) is 0. The molecule has 0 fully saturated rings. The minimum atomic E-state index is -0.962. The van der Waals surface area contributed by atoms with Gasteiger partial charge in [0.2, 0.25) is 0 Å². The molecule has 0 spiro atoms. The second kappa shape index (κ2) is 7.93. The fourth-order valence-corrected chi connectivity index (χ4v) is 3.85. The maximum Gasteiger partial charge on any atom is 0.359 e. The number of thiazole rings is 1. The van der Waals surface area contributed by atoms with E-state index in [-0.39, 0.29) is 16.8 Å². The Hall–Kier alpha value is -2.38. The molecule has 2 heterocycles. The first-order chi connectivity index (χ1) is 13.2. The number of carbonyl (C=O) groups is 2. The van der Waals surface area contributed by atoms with Gasteiger partial charge < -0.3 is 9.64 Å². The summed E-state index contributed by atoms with van der Waals surface area (Å²) in [4.78, 5) is 32.2.